The van der Waals surface area contributed by atoms with Crippen LogP contribution in [0.4, 0.5) is 0 Å². The number of nitrogens with zero attached hydrogens (tertiary/aromatic N) is 2. The van der Waals surface area contributed by atoms with Gasteiger partial charge in [-0.3, -0.25) is 0 Å². The van der Waals surface area contributed by atoms with Gasteiger partial charge in [-0.2, -0.15) is 0 Å². The molecule has 1 heterocycles. The first-order valence-corrected chi connectivity index (χ1v) is 6.30. The molecular weight excluding hydrogens is 186 g/mol. The summed E-state index contributed by atoms with van der Waals surface area (Å²) in [6.45, 7) is 9.72. The Morgan fingerprint density at radius 3 is 2.33 bits per heavy atom. The van der Waals surface area contributed by atoms with E-state index in [1.807, 2.05) is 0 Å². The third kappa shape index (κ3) is 5.50. The molecule has 0 amide bonds. The van der Waals surface area contributed by atoms with Crippen LogP contribution in [0.3, 0.4) is 0 Å². The lowest BCUT2D eigenvalue weighted by Crippen LogP contribution is -2.43. The monoisotopic (exact) mass is 213 g/mol. The van der Waals surface area contributed by atoms with Crippen LogP contribution in [0.15, 0.2) is 0 Å². The van der Waals surface area contributed by atoms with Crippen molar-refractivity contribution in [3.63, 3.8) is 0 Å². The first-order chi connectivity index (χ1) is 7.22. The smallest absolute Gasteiger partial charge is 0.000667 e. The largest absolute Gasteiger partial charge is 0.316 e. The van der Waals surface area contributed by atoms with Crippen molar-refractivity contribution >= 4 is 0 Å². The number of hydrogen-bond acceptors (Lipinski definition) is 3. The Balaban J connectivity index is 2.00. The molecule has 0 radical (unpaired) electrons. The van der Waals surface area contributed by atoms with E-state index in [1.165, 1.54) is 52.1 Å². The molecule has 0 aromatic rings. The van der Waals surface area contributed by atoms with Crippen LogP contribution in [0.1, 0.15) is 19.8 Å². The molecule has 0 atom stereocenters. The van der Waals surface area contributed by atoms with Gasteiger partial charge in [-0.15, -0.1) is 0 Å². The number of hydrogen-bond donors (Lipinski definition) is 1. The number of rotatable bonds is 8. The molecule has 3 nitrogen and oxygen atoms in total. The van der Waals surface area contributed by atoms with Crippen molar-refractivity contribution in [1.29, 1.82) is 0 Å². The summed E-state index contributed by atoms with van der Waals surface area (Å²) in [5.41, 5.74) is 0. The Morgan fingerprint density at radius 2 is 1.87 bits per heavy atom. The molecule has 0 saturated carbocycles. The van der Waals surface area contributed by atoms with E-state index in [2.05, 4.69) is 36.1 Å². The quantitative estimate of drug-likeness (QED) is 0.645. The summed E-state index contributed by atoms with van der Waals surface area (Å²) >= 11 is 0. The summed E-state index contributed by atoms with van der Waals surface area (Å²) in [4.78, 5) is 4.85. The highest BCUT2D eigenvalue weighted by Gasteiger charge is 2.16. The number of nitrogens with one attached hydrogen (secondary N) is 1. The maximum Gasteiger partial charge on any atom is -0.000667 e. The molecule has 90 valence electrons. The summed E-state index contributed by atoms with van der Waals surface area (Å²) in [6, 6.07) is 0. The van der Waals surface area contributed by atoms with Crippen LogP contribution in [-0.4, -0.2) is 63.2 Å². The van der Waals surface area contributed by atoms with Crippen LogP contribution >= 0.6 is 0 Å². The van der Waals surface area contributed by atoms with E-state index in [1.54, 1.807) is 0 Å². The lowest BCUT2D eigenvalue weighted by atomic mass is 9.99. The van der Waals surface area contributed by atoms with E-state index < -0.39 is 0 Å². The SMILES string of the molecule is CCN(CCCN(C)C)CCC1CNC1. The molecule has 0 unspecified atom stereocenters. The van der Waals surface area contributed by atoms with Gasteiger partial charge < -0.3 is 15.1 Å². The summed E-state index contributed by atoms with van der Waals surface area (Å²) in [7, 11) is 4.30. The van der Waals surface area contributed by atoms with E-state index >= 15 is 0 Å². The maximum absolute atomic E-state index is 3.34. The second-order valence-electron chi connectivity index (χ2n) is 4.90. The predicted molar refractivity (Wildman–Crippen MR) is 66.3 cm³/mol. The molecule has 0 aromatic heterocycles. The third-order valence-electron chi connectivity index (χ3n) is 3.25. The van der Waals surface area contributed by atoms with E-state index in [4.69, 9.17) is 0 Å². The Bertz CT molecular complexity index is 155. The molecule has 0 aliphatic carbocycles. The molecule has 1 rings (SSSR count). The zero-order valence-corrected chi connectivity index (χ0v) is 10.6. The fourth-order valence-corrected chi connectivity index (χ4v) is 1.96. The van der Waals surface area contributed by atoms with Crippen molar-refractivity contribution in [1.82, 2.24) is 15.1 Å². The summed E-state index contributed by atoms with van der Waals surface area (Å²) in [5, 5.41) is 3.34. The first-order valence-electron chi connectivity index (χ1n) is 6.30. The molecule has 0 aromatic carbocycles. The van der Waals surface area contributed by atoms with E-state index in [-0.39, 0.29) is 0 Å². The average Bonchev–Trinajstić information content (AvgIpc) is 2.12. The minimum atomic E-state index is 0.952. The van der Waals surface area contributed by atoms with Gasteiger partial charge in [0.2, 0.25) is 0 Å². The standard InChI is InChI=1S/C12H27N3/c1-4-15(8-5-7-14(2)3)9-6-12-10-13-11-12/h12-13H,4-11H2,1-3H3. The molecule has 1 saturated heterocycles. The zero-order chi connectivity index (χ0) is 11.1. The fraction of sp³-hybridized carbons (Fsp3) is 1.00. The topological polar surface area (TPSA) is 18.5 Å². The second-order valence-corrected chi connectivity index (χ2v) is 4.90. The summed E-state index contributed by atoms with van der Waals surface area (Å²) in [6.07, 6.45) is 2.67. The van der Waals surface area contributed by atoms with Crippen LogP contribution in [0.5, 0.6) is 0 Å². The van der Waals surface area contributed by atoms with Crippen LogP contribution in [-0.2, 0) is 0 Å². The molecule has 1 aliphatic rings. The van der Waals surface area contributed by atoms with Gasteiger partial charge in [0.05, 0.1) is 0 Å². The minimum absolute atomic E-state index is 0.952. The van der Waals surface area contributed by atoms with Crippen molar-refractivity contribution in [2.24, 2.45) is 5.92 Å². The Kier molecular flexibility index (Phi) is 6.22. The predicted octanol–water partition coefficient (Wildman–Crippen LogP) is 0.870. The summed E-state index contributed by atoms with van der Waals surface area (Å²) in [5.74, 6) is 0.952. The van der Waals surface area contributed by atoms with Gasteiger partial charge in [-0.05, 0) is 72.1 Å². The van der Waals surface area contributed by atoms with Gasteiger partial charge in [-0.1, -0.05) is 6.92 Å². The van der Waals surface area contributed by atoms with Crippen molar-refractivity contribution in [2.45, 2.75) is 19.8 Å². The van der Waals surface area contributed by atoms with Crippen molar-refractivity contribution in [2.75, 3.05) is 53.4 Å². The average molecular weight is 213 g/mol. The van der Waals surface area contributed by atoms with Gasteiger partial charge in [0.25, 0.3) is 0 Å². The van der Waals surface area contributed by atoms with Crippen LogP contribution < -0.4 is 5.32 Å². The molecular formula is C12H27N3. The third-order valence-corrected chi connectivity index (χ3v) is 3.25. The first kappa shape index (κ1) is 12.9. The Labute approximate surface area is 94.8 Å². The van der Waals surface area contributed by atoms with E-state index in [0.29, 0.717) is 0 Å². The van der Waals surface area contributed by atoms with Gasteiger partial charge in [-0.25, -0.2) is 0 Å². The fourth-order valence-electron chi connectivity index (χ4n) is 1.96. The highest BCUT2D eigenvalue weighted by Crippen LogP contribution is 2.09. The van der Waals surface area contributed by atoms with Gasteiger partial charge in [0, 0.05) is 0 Å². The van der Waals surface area contributed by atoms with E-state index in [0.717, 1.165) is 5.92 Å². The minimum Gasteiger partial charge on any atom is -0.316 e. The lowest BCUT2D eigenvalue weighted by Gasteiger charge is -2.30. The van der Waals surface area contributed by atoms with Crippen molar-refractivity contribution in [3.05, 3.63) is 0 Å². The molecule has 1 aliphatic heterocycles. The van der Waals surface area contributed by atoms with Crippen LogP contribution in [0, 0.1) is 5.92 Å². The van der Waals surface area contributed by atoms with E-state index in [9.17, 15) is 0 Å². The highest BCUT2D eigenvalue weighted by atomic mass is 15.1. The Morgan fingerprint density at radius 1 is 1.13 bits per heavy atom. The molecule has 0 spiro atoms. The molecule has 3 heteroatoms. The second kappa shape index (κ2) is 7.20. The summed E-state index contributed by atoms with van der Waals surface area (Å²) < 4.78 is 0. The van der Waals surface area contributed by atoms with Gasteiger partial charge in [0.1, 0.15) is 0 Å². The Hall–Kier alpha value is -0.120. The lowest BCUT2D eigenvalue weighted by molar-refractivity contribution is 0.224. The zero-order valence-electron chi connectivity index (χ0n) is 10.6. The van der Waals surface area contributed by atoms with Crippen molar-refractivity contribution < 1.29 is 0 Å². The molecule has 1 N–H and O–H groups in total. The molecule has 0 bridgehead atoms. The highest BCUT2D eigenvalue weighted by molar-refractivity contribution is 4.75. The van der Waals surface area contributed by atoms with Crippen LogP contribution in [0.2, 0.25) is 0 Å². The van der Waals surface area contributed by atoms with Gasteiger partial charge in [0.15, 0.2) is 0 Å². The maximum atomic E-state index is 3.34. The van der Waals surface area contributed by atoms with Gasteiger partial charge >= 0.3 is 0 Å². The molecule has 15 heavy (non-hydrogen) atoms. The van der Waals surface area contributed by atoms with Crippen molar-refractivity contribution in [3.8, 4) is 0 Å². The normalized spacial score (nSPS) is 17.4. The molecule has 1 fully saturated rings. The van der Waals surface area contributed by atoms with Crippen LogP contribution in [0.25, 0.3) is 0 Å².